The van der Waals surface area contributed by atoms with Gasteiger partial charge in [0.15, 0.2) is 11.6 Å². The molecule has 0 bridgehead atoms. The molecule has 0 aliphatic carbocycles. The number of carbonyl (C=O) groups is 1. The molecule has 3 saturated heterocycles. The van der Waals surface area contributed by atoms with Crippen molar-refractivity contribution in [2.45, 2.75) is 53.0 Å². The van der Waals surface area contributed by atoms with Gasteiger partial charge in [0, 0.05) is 56.8 Å². The van der Waals surface area contributed by atoms with Crippen LogP contribution >= 0.6 is 0 Å². The molecule has 6 nitrogen and oxygen atoms in total. The van der Waals surface area contributed by atoms with E-state index >= 15 is 4.39 Å². The van der Waals surface area contributed by atoms with Crippen molar-refractivity contribution in [3.63, 3.8) is 0 Å². The number of Topliss-reactive ketones (excluding diaryl/α,β-unsaturated/α-hetero) is 1. The van der Waals surface area contributed by atoms with Crippen LogP contribution in [0.3, 0.4) is 0 Å². The van der Waals surface area contributed by atoms with E-state index in [4.69, 9.17) is 0 Å². The average molecular weight is 506 g/mol. The Morgan fingerprint density at radius 3 is 2.30 bits per heavy atom. The molecule has 3 aliphatic heterocycles. The summed E-state index contributed by atoms with van der Waals surface area (Å²) >= 11 is 0. The van der Waals surface area contributed by atoms with E-state index in [1.54, 1.807) is 0 Å². The topological polar surface area (TPSA) is 52.6 Å². The van der Waals surface area contributed by atoms with Crippen molar-refractivity contribution in [1.29, 1.82) is 0 Å². The highest BCUT2D eigenvalue weighted by Gasteiger charge is 2.43. The maximum absolute atomic E-state index is 15.4. The molecular weight excluding hydrogens is 465 g/mol. The number of nitrogens with zero attached hydrogens (tertiary/aromatic N) is 5. The van der Waals surface area contributed by atoms with Gasteiger partial charge in [0.1, 0.15) is 5.82 Å². The highest BCUT2D eigenvalue weighted by Crippen LogP contribution is 2.39. The third-order valence-corrected chi connectivity index (χ3v) is 8.82. The molecule has 37 heavy (non-hydrogen) atoms. The number of ketones is 1. The van der Waals surface area contributed by atoms with Gasteiger partial charge in [-0.15, -0.1) is 5.10 Å². The van der Waals surface area contributed by atoms with Gasteiger partial charge < -0.3 is 9.80 Å². The zero-order valence-electron chi connectivity index (χ0n) is 22.7. The number of benzene rings is 1. The Morgan fingerprint density at radius 2 is 1.73 bits per heavy atom. The molecule has 0 saturated carbocycles. The van der Waals surface area contributed by atoms with Crippen LogP contribution in [0.1, 0.15) is 61.6 Å². The smallest absolute Gasteiger partial charge is 0.166 e. The second-order valence-corrected chi connectivity index (χ2v) is 11.4. The first kappa shape index (κ1) is 25.8. The minimum Gasteiger partial charge on any atom is -0.368 e. The Hall–Kier alpha value is -2.80. The van der Waals surface area contributed by atoms with Gasteiger partial charge in [-0.25, -0.2) is 4.39 Å². The molecule has 198 valence electrons. The molecule has 1 aromatic heterocycles. The van der Waals surface area contributed by atoms with Crippen molar-refractivity contribution in [3.05, 3.63) is 53.5 Å². The van der Waals surface area contributed by atoms with Crippen LogP contribution in [0.5, 0.6) is 0 Å². The van der Waals surface area contributed by atoms with E-state index in [9.17, 15) is 4.79 Å². The number of aryl methyl sites for hydroxylation is 1. The number of anilines is 2. The number of piperidine rings is 1. The van der Waals surface area contributed by atoms with Crippen molar-refractivity contribution < 1.29 is 9.18 Å². The highest BCUT2D eigenvalue weighted by molar-refractivity contribution is 6.02. The number of allylic oxidation sites excluding steroid dienone is 1. The molecule has 0 spiro atoms. The van der Waals surface area contributed by atoms with Crippen molar-refractivity contribution >= 4 is 22.9 Å². The summed E-state index contributed by atoms with van der Waals surface area (Å²) in [6, 6.07) is 8.03. The summed E-state index contributed by atoms with van der Waals surface area (Å²) in [4.78, 5) is 20.1. The molecule has 2 aromatic rings. The second-order valence-electron chi connectivity index (χ2n) is 11.4. The molecule has 0 N–H and O–H groups in total. The van der Waals surface area contributed by atoms with E-state index in [-0.39, 0.29) is 17.5 Å². The van der Waals surface area contributed by atoms with Crippen molar-refractivity contribution in [3.8, 4) is 0 Å². The third kappa shape index (κ3) is 5.15. The third-order valence-electron chi connectivity index (χ3n) is 8.82. The molecule has 3 aliphatic rings. The minimum atomic E-state index is -0.292. The van der Waals surface area contributed by atoms with Crippen LogP contribution in [0.15, 0.2) is 30.8 Å². The Kier molecular flexibility index (Phi) is 7.35. The summed E-state index contributed by atoms with van der Waals surface area (Å²) in [5, 5.41) is 8.57. The summed E-state index contributed by atoms with van der Waals surface area (Å²) in [7, 11) is 0. The van der Waals surface area contributed by atoms with Gasteiger partial charge in [0.2, 0.25) is 0 Å². The molecule has 5 rings (SSSR count). The van der Waals surface area contributed by atoms with E-state index in [0.717, 1.165) is 81.2 Å². The zero-order valence-corrected chi connectivity index (χ0v) is 22.7. The van der Waals surface area contributed by atoms with E-state index in [1.165, 1.54) is 6.07 Å². The van der Waals surface area contributed by atoms with Gasteiger partial charge in [0.05, 0.1) is 11.4 Å². The lowest BCUT2D eigenvalue weighted by Crippen LogP contribution is -2.45. The number of hydrogen-bond acceptors (Lipinski definition) is 6. The molecule has 3 atom stereocenters. The fourth-order valence-corrected chi connectivity index (χ4v) is 6.36. The number of likely N-dealkylation sites (tertiary alicyclic amines) is 1. The first-order valence-electron chi connectivity index (χ1n) is 13.8. The predicted octanol–water partition coefficient (Wildman–Crippen LogP) is 5.22. The lowest BCUT2D eigenvalue weighted by atomic mass is 9.90. The maximum atomic E-state index is 15.4. The predicted molar refractivity (Wildman–Crippen MR) is 148 cm³/mol. The van der Waals surface area contributed by atoms with Crippen molar-refractivity contribution in [2.75, 3.05) is 49.1 Å². The quantitative estimate of drug-likeness (QED) is 0.481. The highest BCUT2D eigenvalue weighted by atomic mass is 19.1. The standard InChI is InChI=1S/C30H40FN5O/c1-6-20(4)30(37)26-13-27(31)28(14-25(26)19(2)3)36-17-22-15-35(16-23(22)18-36)24-9-11-34(12-10-24)29-8-7-21(5)32-33-29/h7-8,13-14,20,22-24H,2,6,9-12,15-18H2,1,3-5H3. The van der Waals surface area contributed by atoms with Crippen LogP contribution in [0, 0.1) is 30.5 Å². The second kappa shape index (κ2) is 10.5. The maximum Gasteiger partial charge on any atom is 0.166 e. The number of fused-ring (bicyclic) bond motifs is 1. The van der Waals surface area contributed by atoms with Crippen LogP contribution in [0.2, 0.25) is 0 Å². The van der Waals surface area contributed by atoms with Crippen LogP contribution in [-0.2, 0) is 0 Å². The molecular formula is C30H40FN5O. The van der Waals surface area contributed by atoms with Gasteiger partial charge in [0.25, 0.3) is 0 Å². The molecule has 3 unspecified atom stereocenters. The first-order chi connectivity index (χ1) is 17.7. The Bertz CT molecular complexity index is 1140. The number of carbonyl (C=O) groups excluding carboxylic acids is 1. The van der Waals surface area contributed by atoms with Crippen LogP contribution < -0.4 is 9.80 Å². The lowest BCUT2D eigenvalue weighted by molar-refractivity contribution is 0.0926. The van der Waals surface area contributed by atoms with Crippen LogP contribution in [-0.4, -0.2) is 66.2 Å². The number of aromatic nitrogens is 2. The van der Waals surface area contributed by atoms with Crippen molar-refractivity contribution in [1.82, 2.24) is 15.1 Å². The number of rotatable bonds is 7. The van der Waals surface area contributed by atoms with E-state index in [1.807, 2.05) is 39.8 Å². The molecule has 0 amide bonds. The van der Waals surface area contributed by atoms with E-state index < -0.39 is 0 Å². The zero-order chi connectivity index (χ0) is 26.3. The van der Waals surface area contributed by atoms with Crippen molar-refractivity contribution in [2.24, 2.45) is 17.8 Å². The number of hydrogen-bond donors (Lipinski definition) is 0. The molecule has 1 aromatic carbocycles. The summed E-state index contributed by atoms with van der Waals surface area (Å²) in [5.74, 6) is 1.66. The molecule has 4 heterocycles. The molecule has 3 fully saturated rings. The fourth-order valence-electron chi connectivity index (χ4n) is 6.36. The monoisotopic (exact) mass is 505 g/mol. The van der Waals surface area contributed by atoms with E-state index in [0.29, 0.717) is 29.1 Å². The summed E-state index contributed by atoms with van der Waals surface area (Å²) < 4.78 is 15.4. The average Bonchev–Trinajstić information content (AvgIpc) is 3.47. The minimum absolute atomic E-state index is 0.000327. The Balaban J connectivity index is 1.22. The number of halogens is 1. The lowest BCUT2D eigenvalue weighted by Gasteiger charge is -2.37. The van der Waals surface area contributed by atoms with Gasteiger partial charge in [-0.1, -0.05) is 26.0 Å². The van der Waals surface area contributed by atoms with Gasteiger partial charge in [-0.3, -0.25) is 9.69 Å². The normalized spacial score (nSPS) is 23.4. The molecule has 7 heteroatoms. The SMILES string of the molecule is C=C(C)c1cc(N2CC3CN(C4CCN(c5ccc(C)nn5)CC4)CC3C2)c(F)cc1C(=O)C(C)CC. The largest absolute Gasteiger partial charge is 0.368 e. The van der Waals surface area contributed by atoms with Crippen LogP contribution in [0.4, 0.5) is 15.9 Å². The van der Waals surface area contributed by atoms with Crippen LogP contribution in [0.25, 0.3) is 5.57 Å². The summed E-state index contributed by atoms with van der Waals surface area (Å²) in [6.07, 6.45) is 3.02. The first-order valence-corrected chi connectivity index (χ1v) is 13.8. The van der Waals surface area contributed by atoms with Gasteiger partial charge in [-0.05, 0) is 74.8 Å². The summed E-state index contributed by atoms with van der Waals surface area (Å²) in [5.41, 5.74) is 3.62. The fraction of sp³-hybridized carbons (Fsp3) is 0.567. The van der Waals surface area contributed by atoms with Gasteiger partial charge >= 0.3 is 0 Å². The Labute approximate surface area is 220 Å². The summed E-state index contributed by atoms with van der Waals surface area (Å²) in [6.45, 7) is 17.8. The molecule has 0 radical (unpaired) electrons. The Morgan fingerprint density at radius 1 is 1.05 bits per heavy atom. The van der Waals surface area contributed by atoms with E-state index in [2.05, 4.69) is 37.5 Å². The van der Waals surface area contributed by atoms with Gasteiger partial charge in [-0.2, -0.15) is 5.10 Å².